The molecule has 1 aromatic heterocycles. The van der Waals surface area contributed by atoms with E-state index in [0.717, 1.165) is 11.1 Å². The molecule has 0 aliphatic carbocycles. The number of benzene rings is 1. The number of aryl methyl sites for hydroxylation is 3. The predicted molar refractivity (Wildman–Crippen MR) is 92.1 cm³/mol. The van der Waals surface area contributed by atoms with Gasteiger partial charge in [-0.05, 0) is 31.9 Å². The van der Waals surface area contributed by atoms with Gasteiger partial charge in [-0.3, -0.25) is 19.6 Å². The maximum absolute atomic E-state index is 12.0. The van der Waals surface area contributed by atoms with Crippen molar-refractivity contribution in [1.29, 1.82) is 0 Å². The molecular weight excluding hydrogens is 324 g/mol. The Bertz CT molecular complexity index is 785. The minimum atomic E-state index is -0.778. The minimum Gasteiger partial charge on any atom is -0.387 e. The van der Waals surface area contributed by atoms with Crippen LogP contribution in [0, 0.1) is 30.9 Å². The molecule has 1 heterocycles. The topological polar surface area (TPSA) is 110 Å². The lowest BCUT2D eigenvalue weighted by molar-refractivity contribution is -0.386. The maximum Gasteiger partial charge on any atom is 0.312 e. The molecule has 1 atom stereocenters. The van der Waals surface area contributed by atoms with Gasteiger partial charge in [0, 0.05) is 13.0 Å². The fourth-order valence-corrected chi connectivity index (χ4v) is 2.75. The van der Waals surface area contributed by atoms with E-state index in [2.05, 4.69) is 10.4 Å². The second kappa shape index (κ2) is 7.89. The van der Waals surface area contributed by atoms with Crippen LogP contribution in [0.1, 0.15) is 35.0 Å². The normalized spacial score (nSPS) is 12.0. The Morgan fingerprint density at radius 1 is 1.36 bits per heavy atom. The van der Waals surface area contributed by atoms with Crippen LogP contribution in [-0.4, -0.2) is 32.3 Å². The van der Waals surface area contributed by atoms with E-state index >= 15 is 0 Å². The summed E-state index contributed by atoms with van der Waals surface area (Å²) in [6.45, 7) is 5.43. The van der Waals surface area contributed by atoms with Crippen molar-refractivity contribution in [3.63, 3.8) is 0 Å². The van der Waals surface area contributed by atoms with E-state index in [1.165, 1.54) is 4.68 Å². The van der Waals surface area contributed by atoms with Crippen LogP contribution in [0.4, 0.5) is 5.69 Å². The van der Waals surface area contributed by atoms with Crippen LogP contribution >= 0.6 is 0 Å². The van der Waals surface area contributed by atoms with Crippen LogP contribution in [0.2, 0.25) is 0 Å². The Hall–Kier alpha value is -2.74. The van der Waals surface area contributed by atoms with Crippen molar-refractivity contribution in [2.24, 2.45) is 0 Å². The van der Waals surface area contributed by atoms with Gasteiger partial charge in [-0.25, -0.2) is 0 Å². The molecule has 1 amide bonds. The maximum atomic E-state index is 12.0. The highest BCUT2D eigenvalue weighted by Gasteiger charge is 2.22. The highest BCUT2D eigenvalue weighted by Crippen LogP contribution is 2.22. The number of aliphatic hydroxyl groups is 1. The van der Waals surface area contributed by atoms with Crippen LogP contribution in [0.15, 0.2) is 24.3 Å². The third-order valence-corrected chi connectivity index (χ3v) is 4.12. The Morgan fingerprint density at radius 2 is 2.04 bits per heavy atom. The molecule has 0 aliphatic rings. The van der Waals surface area contributed by atoms with Crippen molar-refractivity contribution in [3.8, 4) is 0 Å². The zero-order valence-electron chi connectivity index (χ0n) is 14.5. The number of carbonyl (C=O) groups excluding carboxylic acids is 1. The van der Waals surface area contributed by atoms with Crippen molar-refractivity contribution in [2.75, 3.05) is 6.54 Å². The molecule has 0 fully saturated rings. The van der Waals surface area contributed by atoms with Crippen LogP contribution in [0.25, 0.3) is 0 Å². The van der Waals surface area contributed by atoms with Gasteiger partial charge in [-0.15, -0.1) is 0 Å². The molecule has 2 N–H and O–H groups in total. The molecule has 1 aromatic carbocycles. The van der Waals surface area contributed by atoms with Crippen molar-refractivity contribution < 1.29 is 14.8 Å². The van der Waals surface area contributed by atoms with Crippen molar-refractivity contribution in [3.05, 3.63) is 56.9 Å². The Labute approximate surface area is 145 Å². The Kier molecular flexibility index (Phi) is 5.87. The molecule has 0 spiro atoms. The molecule has 25 heavy (non-hydrogen) atoms. The summed E-state index contributed by atoms with van der Waals surface area (Å²) in [5, 5.41) is 27.9. The molecule has 0 aliphatic heterocycles. The fraction of sp³-hybridized carbons (Fsp3) is 0.412. The van der Waals surface area contributed by atoms with Gasteiger partial charge in [0.1, 0.15) is 11.4 Å². The second-order valence-corrected chi connectivity index (χ2v) is 5.93. The van der Waals surface area contributed by atoms with Crippen LogP contribution in [0.3, 0.4) is 0 Å². The first-order valence-electron chi connectivity index (χ1n) is 8.00. The smallest absolute Gasteiger partial charge is 0.312 e. The van der Waals surface area contributed by atoms with Gasteiger partial charge in [0.2, 0.25) is 5.91 Å². The van der Waals surface area contributed by atoms with Gasteiger partial charge in [-0.2, -0.15) is 5.10 Å². The van der Waals surface area contributed by atoms with Gasteiger partial charge >= 0.3 is 5.69 Å². The first-order chi connectivity index (χ1) is 11.8. The number of rotatable bonds is 7. The third-order valence-electron chi connectivity index (χ3n) is 4.12. The van der Waals surface area contributed by atoms with E-state index in [1.807, 2.05) is 31.2 Å². The monoisotopic (exact) mass is 346 g/mol. The standard InChI is InChI=1S/C17H22N4O4/c1-11-6-4-5-7-14(11)15(22)10-18-16(23)8-9-20-13(3)17(21(24)25)12(2)19-20/h4-7,15,22H,8-10H2,1-3H3,(H,18,23). The van der Waals surface area contributed by atoms with Gasteiger partial charge in [0.15, 0.2) is 0 Å². The SMILES string of the molecule is Cc1ccccc1C(O)CNC(=O)CCn1nc(C)c([N+](=O)[O-])c1C. The van der Waals surface area contributed by atoms with Crippen molar-refractivity contribution in [1.82, 2.24) is 15.1 Å². The molecule has 8 heteroatoms. The summed E-state index contributed by atoms with van der Waals surface area (Å²) >= 11 is 0. The molecule has 2 aromatic rings. The Balaban J connectivity index is 1.88. The van der Waals surface area contributed by atoms with Crippen LogP contribution in [0.5, 0.6) is 0 Å². The number of nitrogens with zero attached hydrogens (tertiary/aromatic N) is 3. The second-order valence-electron chi connectivity index (χ2n) is 5.93. The summed E-state index contributed by atoms with van der Waals surface area (Å²) < 4.78 is 1.46. The number of aliphatic hydroxyl groups excluding tert-OH is 1. The van der Waals surface area contributed by atoms with Crippen LogP contribution < -0.4 is 5.32 Å². The summed E-state index contributed by atoms with van der Waals surface area (Å²) in [4.78, 5) is 22.5. The van der Waals surface area contributed by atoms with Crippen molar-refractivity contribution >= 4 is 11.6 Å². The van der Waals surface area contributed by atoms with E-state index < -0.39 is 11.0 Å². The van der Waals surface area contributed by atoms with Gasteiger partial charge in [-0.1, -0.05) is 24.3 Å². The van der Waals surface area contributed by atoms with E-state index in [-0.39, 0.29) is 31.1 Å². The van der Waals surface area contributed by atoms with E-state index in [4.69, 9.17) is 0 Å². The average molecular weight is 346 g/mol. The van der Waals surface area contributed by atoms with E-state index in [0.29, 0.717) is 11.4 Å². The minimum absolute atomic E-state index is 0.0182. The summed E-state index contributed by atoms with van der Waals surface area (Å²) in [7, 11) is 0. The molecule has 0 radical (unpaired) electrons. The lowest BCUT2D eigenvalue weighted by Gasteiger charge is -2.14. The molecule has 1 unspecified atom stereocenters. The number of amides is 1. The van der Waals surface area contributed by atoms with E-state index in [9.17, 15) is 20.0 Å². The molecule has 2 rings (SSSR count). The summed E-state index contributed by atoms with van der Waals surface area (Å²) in [6.07, 6.45) is -0.653. The Morgan fingerprint density at radius 3 is 2.64 bits per heavy atom. The lowest BCUT2D eigenvalue weighted by Crippen LogP contribution is -2.29. The van der Waals surface area contributed by atoms with Crippen LogP contribution in [-0.2, 0) is 11.3 Å². The lowest BCUT2D eigenvalue weighted by atomic mass is 10.0. The molecular formula is C17H22N4O4. The van der Waals surface area contributed by atoms with Gasteiger partial charge < -0.3 is 10.4 Å². The quantitative estimate of drug-likeness (QED) is 0.588. The highest BCUT2D eigenvalue weighted by molar-refractivity contribution is 5.75. The first-order valence-corrected chi connectivity index (χ1v) is 8.00. The number of nitrogens with one attached hydrogen (secondary N) is 1. The molecule has 134 valence electrons. The number of hydrogen-bond acceptors (Lipinski definition) is 5. The summed E-state index contributed by atoms with van der Waals surface area (Å²) in [5.74, 6) is -0.247. The van der Waals surface area contributed by atoms with Gasteiger partial charge in [0.25, 0.3) is 0 Å². The molecule has 0 saturated carbocycles. The molecule has 8 nitrogen and oxygen atoms in total. The number of carbonyl (C=O) groups is 1. The van der Waals surface area contributed by atoms with Gasteiger partial charge in [0.05, 0.1) is 17.6 Å². The third kappa shape index (κ3) is 4.42. The number of nitro groups is 1. The number of aromatic nitrogens is 2. The zero-order valence-corrected chi connectivity index (χ0v) is 14.5. The summed E-state index contributed by atoms with van der Waals surface area (Å²) in [6, 6.07) is 7.44. The fourth-order valence-electron chi connectivity index (χ4n) is 2.75. The summed E-state index contributed by atoms with van der Waals surface area (Å²) in [5.41, 5.74) is 2.47. The average Bonchev–Trinajstić information content (AvgIpc) is 2.85. The van der Waals surface area contributed by atoms with Crippen molar-refractivity contribution in [2.45, 2.75) is 39.8 Å². The van der Waals surface area contributed by atoms with E-state index in [1.54, 1.807) is 13.8 Å². The highest BCUT2D eigenvalue weighted by atomic mass is 16.6. The number of hydrogen-bond donors (Lipinski definition) is 2. The zero-order chi connectivity index (χ0) is 18.6. The molecule has 0 saturated heterocycles. The first kappa shape index (κ1) is 18.6. The molecule has 0 bridgehead atoms. The predicted octanol–water partition coefficient (Wildman–Crippen LogP) is 1.96. The largest absolute Gasteiger partial charge is 0.387 e.